The molecule has 1 N–H and O–H groups in total. The number of amides is 1. The van der Waals surface area contributed by atoms with Crippen LogP contribution < -0.4 is 5.32 Å². The maximum atomic E-state index is 12.0. The van der Waals surface area contributed by atoms with Gasteiger partial charge >= 0.3 is 0 Å². The zero-order valence-corrected chi connectivity index (χ0v) is 10.2. The molecule has 0 saturated carbocycles. The highest BCUT2D eigenvalue weighted by molar-refractivity contribution is 6.33. The van der Waals surface area contributed by atoms with Gasteiger partial charge in [-0.3, -0.25) is 9.78 Å². The molecule has 0 saturated heterocycles. The van der Waals surface area contributed by atoms with Gasteiger partial charge in [0.1, 0.15) is 5.69 Å². The highest BCUT2D eigenvalue weighted by atomic mass is 35.5. The highest BCUT2D eigenvalue weighted by Gasteiger charge is 2.16. The van der Waals surface area contributed by atoms with Gasteiger partial charge in [-0.25, -0.2) is 4.98 Å². The Bertz CT molecular complexity index is 545. The largest absolute Gasteiger partial charge is 0.328 e. The Labute approximate surface area is 103 Å². The summed E-state index contributed by atoms with van der Waals surface area (Å²) >= 11 is 5.84. The van der Waals surface area contributed by atoms with Crippen molar-refractivity contribution in [1.82, 2.24) is 14.5 Å². The molecule has 2 rings (SSSR count). The maximum Gasteiger partial charge on any atom is 0.275 e. The zero-order valence-electron chi connectivity index (χ0n) is 9.44. The van der Waals surface area contributed by atoms with E-state index in [1.807, 2.05) is 6.92 Å². The number of anilines is 1. The van der Waals surface area contributed by atoms with Gasteiger partial charge in [-0.2, -0.15) is 0 Å². The van der Waals surface area contributed by atoms with Gasteiger partial charge in [-0.05, 0) is 19.1 Å². The first kappa shape index (κ1) is 11.6. The highest BCUT2D eigenvalue weighted by Crippen LogP contribution is 2.16. The first-order valence-corrected chi connectivity index (χ1v) is 5.37. The molecule has 0 unspecified atom stereocenters. The summed E-state index contributed by atoms with van der Waals surface area (Å²) in [5.74, 6) is -0.300. The van der Waals surface area contributed by atoms with Crippen LogP contribution >= 0.6 is 11.6 Å². The number of nitrogens with one attached hydrogen (secondary N) is 1. The van der Waals surface area contributed by atoms with Crippen molar-refractivity contribution >= 4 is 23.2 Å². The van der Waals surface area contributed by atoms with E-state index < -0.39 is 0 Å². The van der Waals surface area contributed by atoms with Gasteiger partial charge in [-0.15, -0.1) is 0 Å². The Balaban J connectivity index is 2.27. The van der Waals surface area contributed by atoms with Crippen molar-refractivity contribution in [2.75, 3.05) is 5.32 Å². The first-order valence-electron chi connectivity index (χ1n) is 4.99. The Hall–Kier alpha value is -1.88. The van der Waals surface area contributed by atoms with Gasteiger partial charge < -0.3 is 9.88 Å². The molecule has 2 aromatic heterocycles. The van der Waals surface area contributed by atoms with Crippen molar-refractivity contribution in [3.63, 3.8) is 0 Å². The number of carbonyl (C=O) groups is 1. The lowest BCUT2D eigenvalue weighted by atomic mass is 10.3. The van der Waals surface area contributed by atoms with Gasteiger partial charge in [0.05, 0.1) is 17.7 Å². The molecule has 0 radical (unpaired) electrons. The minimum atomic E-state index is -0.300. The fourth-order valence-electron chi connectivity index (χ4n) is 1.45. The van der Waals surface area contributed by atoms with E-state index in [0.29, 0.717) is 11.4 Å². The van der Waals surface area contributed by atoms with E-state index in [9.17, 15) is 4.79 Å². The molecule has 2 heterocycles. The summed E-state index contributed by atoms with van der Waals surface area (Å²) in [5.41, 5.74) is 1.74. The van der Waals surface area contributed by atoms with Crippen molar-refractivity contribution in [2.24, 2.45) is 7.05 Å². The van der Waals surface area contributed by atoms with Crippen molar-refractivity contribution in [3.8, 4) is 0 Å². The summed E-state index contributed by atoms with van der Waals surface area (Å²) in [6.07, 6.45) is 3.16. The number of imidazole rings is 1. The average Bonchev–Trinajstić information content (AvgIpc) is 2.62. The van der Waals surface area contributed by atoms with E-state index in [1.54, 1.807) is 29.9 Å². The average molecular weight is 251 g/mol. The summed E-state index contributed by atoms with van der Waals surface area (Å²) in [7, 11) is 1.71. The summed E-state index contributed by atoms with van der Waals surface area (Å²) < 4.78 is 1.57. The lowest BCUT2D eigenvalue weighted by molar-refractivity contribution is 0.101. The van der Waals surface area contributed by atoms with Crippen molar-refractivity contribution in [1.29, 1.82) is 0 Å². The van der Waals surface area contributed by atoms with Crippen LogP contribution in [0.25, 0.3) is 0 Å². The molecule has 0 aliphatic carbocycles. The first-order chi connectivity index (χ1) is 8.09. The van der Waals surface area contributed by atoms with Gasteiger partial charge in [-0.1, -0.05) is 11.6 Å². The number of nitrogens with zero attached hydrogens (tertiary/aromatic N) is 3. The molecule has 0 aliphatic heterocycles. The van der Waals surface area contributed by atoms with E-state index in [2.05, 4.69) is 15.3 Å². The molecule has 0 aromatic carbocycles. The van der Waals surface area contributed by atoms with Crippen LogP contribution in [0.5, 0.6) is 0 Å². The van der Waals surface area contributed by atoms with Crippen LogP contribution in [0, 0.1) is 6.92 Å². The maximum absolute atomic E-state index is 12.0. The predicted molar refractivity (Wildman–Crippen MR) is 65.1 cm³/mol. The fraction of sp³-hybridized carbons (Fsp3) is 0.182. The van der Waals surface area contributed by atoms with Crippen LogP contribution in [0.15, 0.2) is 24.7 Å². The Kier molecular flexibility index (Phi) is 3.10. The van der Waals surface area contributed by atoms with Crippen LogP contribution in [-0.4, -0.2) is 20.4 Å². The van der Waals surface area contributed by atoms with Gasteiger partial charge in [0.25, 0.3) is 5.91 Å². The number of rotatable bonds is 2. The third kappa shape index (κ3) is 2.29. The minimum Gasteiger partial charge on any atom is -0.328 e. The Morgan fingerprint density at radius 2 is 2.24 bits per heavy atom. The second-order valence-electron chi connectivity index (χ2n) is 3.59. The molecule has 0 spiro atoms. The summed E-state index contributed by atoms with van der Waals surface area (Å²) in [4.78, 5) is 19.9. The summed E-state index contributed by atoms with van der Waals surface area (Å²) in [6.45, 7) is 1.82. The molecular formula is C11H11ClN4O. The zero-order chi connectivity index (χ0) is 12.4. The van der Waals surface area contributed by atoms with Crippen molar-refractivity contribution in [2.45, 2.75) is 6.92 Å². The Morgan fingerprint density at radius 3 is 2.82 bits per heavy atom. The molecule has 0 fully saturated rings. The van der Waals surface area contributed by atoms with Crippen LogP contribution in [0.4, 0.5) is 5.69 Å². The Morgan fingerprint density at radius 1 is 1.47 bits per heavy atom. The lowest BCUT2D eigenvalue weighted by Crippen LogP contribution is -2.16. The topological polar surface area (TPSA) is 59.8 Å². The molecule has 6 heteroatoms. The normalized spacial score (nSPS) is 10.3. The molecular weight excluding hydrogens is 240 g/mol. The number of hydrogen-bond acceptors (Lipinski definition) is 3. The fourth-order valence-corrected chi connectivity index (χ4v) is 1.72. The molecule has 0 bridgehead atoms. The minimum absolute atomic E-state index is 0.187. The van der Waals surface area contributed by atoms with E-state index in [1.165, 1.54) is 6.33 Å². The smallest absolute Gasteiger partial charge is 0.275 e. The molecule has 0 atom stereocenters. The third-order valence-electron chi connectivity index (χ3n) is 2.36. The second-order valence-corrected chi connectivity index (χ2v) is 3.94. The van der Waals surface area contributed by atoms with Crippen molar-refractivity contribution in [3.05, 3.63) is 41.2 Å². The number of halogens is 1. The molecule has 0 aliphatic rings. The second kappa shape index (κ2) is 4.55. The lowest BCUT2D eigenvalue weighted by Gasteiger charge is -2.07. The van der Waals surface area contributed by atoms with Crippen molar-refractivity contribution < 1.29 is 4.79 Å². The molecule has 88 valence electrons. The van der Waals surface area contributed by atoms with Crippen LogP contribution in [0.2, 0.25) is 5.15 Å². The third-order valence-corrected chi connectivity index (χ3v) is 2.64. The van der Waals surface area contributed by atoms with E-state index in [0.717, 1.165) is 5.69 Å². The number of carbonyl (C=O) groups excluding carboxylic acids is 1. The predicted octanol–water partition coefficient (Wildman–Crippen LogP) is 2.03. The van der Waals surface area contributed by atoms with E-state index in [4.69, 9.17) is 11.6 Å². The quantitative estimate of drug-likeness (QED) is 0.887. The standard InChI is InChI=1S/C11H11ClN4O/c1-7-8(4-3-5-13-7)15-11(17)9-10(12)14-6-16(9)2/h3-6H,1-2H3,(H,15,17). The van der Waals surface area contributed by atoms with Crippen LogP contribution in [-0.2, 0) is 7.05 Å². The number of aromatic nitrogens is 3. The number of hydrogen-bond donors (Lipinski definition) is 1. The molecule has 1 amide bonds. The van der Waals surface area contributed by atoms with E-state index in [-0.39, 0.29) is 11.1 Å². The van der Waals surface area contributed by atoms with E-state index >= 15 is 0 Å². The summed E-state index contributed by atoms with van der Waals surface area (Å²) in [5, 5.41) is 2.93. The molecule has 2 aromatic rings. The molecule has 17 heavy (non-hydrogen) atoms. The number of pyridine rings is 1. The summed E-state index contributed by atoms with van der Waals surface area (Å²) in [6, 6.07) is 3.54. The van der Waals surface area contributed by atoms with Crippen LogP contribution in [0.1, 0.15) is 16.2 Å². The van der Waals surface area contributed by atoms with Gasteiger partial charge in [0.2, 0.25) is 0 Å². The SMILES string of the molecule is Cc1ncccc1NC(=O)c1c(Cl)ncn1C. The molecule has 5 nitrogen and oxygen atoms in total. The van der Waals surface area contributed by atoms with Crippen LogP contribution in [0.3, 0.4) is 0 Å². The van der Waals surface area contributed by atoms with Gasteiger partial charge in [0.15, 0.2) is 5.15 Å². The monoisotopic (exact) mass is 250 g/mol. The van der Waals surface area contributed by atoms with Gasteiger partial charge in [0, 0.05) is 13.2 Å². The number of aryl methyl sites for hydroxylation is 2.